The molecule has 6 heteroatoms. The van der Waals surface area contributed by atoms with E-state index >= 15 is 0 Å². The van der Waals surface area contributed by atoms with Gasteiger partial charge in [0.05, 0.1) is 13.2 Å². The molecule has 132 valence electrons. The highest BCUT2D eigenvalue weighted by Crippen LogP contribution is 2.35. The van der Waals surface area contributed by atoms with Crippen molar-refractivity contribution in [1.29, 1.82) is 0 Å². The molecule has 2 unspecified atom stereocenters. The van der Waals surface area contributed by atoms with Crippen molar-refractivity contribution < 1.29 is 4.74 Å². The van der Waals surface area contributed by atoms with Gasteiger partial charge in [-0.3, -0.25) is 4.99 Å². The summed E-state index contributed by atoms with van der Waals surface area (Å²) in [5, 5.41) is 6.64. The molecule has 0 radical (unpaired) electrons. The van der Waals surface area contributed by atoms with E-state index in [1.54, 1.807) is 7.11 Å². The largest absolute Gasteiger partial charge is 0.383 e. The molecule has 0 aromatic carbocycles. The van der Waals surface area contributed by atoms with Crippen molar-refractivity contribution in [3.8, 4) is 0 Å². The normalized spacial score (nSPS) is 25.7. The fourth-order valence-corrected chi connectivity index (χ4v) is 3.16. The summed E-state index contributed by atoms with van der Waals surface area (Å²) in [5.41, 5.74) is 0.210. The molecule has 0 aliphatic heterocycles. The van der Waals surface area contributed by atoms with Gasteiger partial charge >= 0.3 is 0 Å². The van der Waals surface area contributed by atoms with Crippen LogP contribution >= 0.6 is 24.0 Å². The maximum absolute atomic E-state index is 5.08. The van der Waals surface area contributed by atoms with Crippen molar-refractivity contribution >= 4 is 29.9 Å². The van der Waals surface area contributed by atoms with Crippen LogP contribution in [-0.2, 0) is 4.74 Å². The molecule has 1 fully saturated rings. The first-order chi connectivity index (χ1) is 10.0. The smallest absolute Gasteiger partial charge is 0.191 e. The van der Waals surface area contributed by atoms with E-state index in [0.717, 1.165) is 31.5 Å². The molecule has 0 aromatic rings. The summed E-state index contributed by atoms with van der Waals surface area (Å²) in [5.74, 6) is 1.69. The molecule has 0 saturated heterocycles. The topological polar surface area (TPSA) is 48.9 Å². The first-order valence-electron chi connectivity index (χ1n) is 8.22. The van der Waals surface area contributed by atoms with Crippen molar-refractivity contribution in [1.82, 2.24) is 15.5 Å². The number of guanidine groups is 1. The second-order valence-corrected chi connectivity index (χ2v) is 6.44. The highest BCUT2D eigenvalue weighted by molar-refractivity contribution is 14.0. The van der Waals surface area contributed by atoms with E-state index in [9.17, 15) is 0 Å². The molecule has 0 amide bonds. The minimum Gasteiger partial charge on any atom is -0.383 e. The van der Waals surface area contributed by atoms with Crippen LogP contribution < -0.4 is 10.6 Å². The molecule has 5 nitrogen and oxygen atoms in total. The molecule has 0 aromatic heterocycles. The molecular formula is C16H35IN4O. The highest BCUT2D eigenvalue weighted by atomic mass is 127. The van der Waals surface area contributed by atoms with Gasteiger partial charge in [0.25, 0.3) is 0 Å². The molecular weight excluding hydrogens is 391 g/mol. The van der Waals surface area contributed by atoms with Crippen LogP contribution in [-0.4, -0.2) is 63.8 Å². The zero-order valence-electron chi connectivity index (χ0n) is 14.9. The summed E-state index contributed by atoms with van der Waals surface area (Å²) < 4.78 is 5.08. The quantitative estimate of drug-likeness (QED) is 0.284. The maximum Gasteiger partial charge on any atom is 0.191 e. The zero-order valence-corrected chi connectivity index (χ0v) is 17.3. The highest BCUT2D eigenvalue weighted by Gasteiger charge is 2.36. The number of aliphatic imine (C=N–C) groups is 1. The number of nitrogens with zero attached hydrogens (tertiary/aromatic N) is 2. The van der Waals surface area contributed by atoms with Crippen LogP contribution in [0.4, 0.5) is 0 Å². The third-order valence-electron chi connectivity index (χ3n) is 4.49. The second kappa shape index (κ2) is 11.5. The minimum absolute atomic E-state index is 0. The first-order valence-corrected chi connectivity index (χ1v) is 8.22. The Labute approximate surface area is 153 Å². The van der Waals surface area contributed by atoms with Gasteiger partial charge < -0.3 is 20.3 Å². The molecule has 1 aliphatic carbocycles. The van der Waals surface area contributed by atoms with Crippen molar-refractivity contribution in [2.24, 2.45) is 10.9 Å². The molecule has 22 heavy (non-hydrogen) atoms. The van der Waals surface area contributed by atoms with Crippen LogP contribution in [0.5, 0.6) is 0 Å². The number of ether oxygens (including phenoxy) is 1. The molecule has 1 saturated carbocycles. The standard InChI is InChI=1S/C16H34N4O.HI/c1-6-17-15(18-10-11-21-5)19-13-16(20(3)4)9-7-8-14(2)12-16;/h14H,6-13H2,1-5H3,(H2,17,18,19);1H. The number of halogens is 1. The zero-order chi connectivity index (χ0) is 15.7. The minimum atomic E-state index is 0. The number of likely N-dealkylation sites (N-methyl/N-ethyl adjacent to an activating group) is 1. The Kier molecular flexibility index (Phi) is 11.4. The lowest BCUT2D eigenvalue weighted by Gasteiger charge is -2.44. The summed E-state index contributed by atoms with van der Waals surface area (Å²) in [7, 11) is 6.11. The summed E-state index contributed by atoms with van der Waals surface area (Å²) in [6.07, 6.45) is 5.14. The molecule has 2 N–H and O–H groups in total. The molecule has 1 rings (SSSR count). The van der Waals surface area contributed by atoms with E-state index in [-0.39, 0.29) is 29.5 Å². The molecule has 2 atom stereocenters. The Balaban J connectivity index is 0.00000441. The van der Waals surface area contributed by atoms with Gasteiger partial charge in [-0.2, -0.15) is 0 Å². The Morgan fingerprint density at radius 1 is 1.36 bits per heavy atom. The van der Waals surface area contributed by atoms with Gasteiger partial charge in [0.1, 0.15) is 0 Å². The molecule has 1 aliphatic rings. The van der Waals surface area contributed by atoms with E-state index in [1.165, 1.54) is 25.7 Å². The fourth-order valence-electron chi connectivity index (χ4n) is 3.16. The predicted molar refractivity (Wildman–Crippen MR) is 105 cm³/mol. The Bertz CT molecular complexity index is 325. The number of rotatable bonds is 7. The lowest BCUT2D eigenvalue weighted by atomic mass is 9.75. The van der Waals surface area contributed by atoms with Gasteiger partial charge in [0.15, 0.2) is 5.96 Å². The Hall–Kier alpha value is -0.0800. The SMILES string of the molecule is CCNC(=NCC1(N(C)C)CCCC(C)C1)NCCOC.I. The summed E-state index contributed by atoms with van der Waals surface area (Å²) in [6, 6.07) is 0. The van der Waals surface area contributed by atoms with Crippen LogP contribution in [0.15, 0.2) is 4.99 Å². The van der Waals surface area contributed by atoms with Gasteiger partial charge in [-0.25, -0.2) is 0 Å². The fraction of sp³-hybridized carbons (Fsp3) is 0.938. The van der Waals surface area contributed by atoms with Crippen molar-refractivity contribution in [3.63, 3.8) is 0 Å². The van der Waals surface area contributed by atoms with Gasteiger partial charge in [-0.1, -0.05) is 19.8 Å². The maximum atomic E-state index is 5.08. The van der Waals surface area contributed by atoms with E-state index in [0.29, 0.717) is 6.61 Å². The lowest BCUT2D eigenvalue weighted by Crippen LogP contribution is -2.51. The summed E-state index contributed by atoms with van der Waals surface area (Å²) in [6.45, 7) is 7.67. The van der Waals surface area contributed by atoms with Crippen molar-refractivity contribution in [2.75, 3.05) is 47.4 Å². The summed E-state index contributed by atoms with van der Waals surface area (Å²) >= 11 is 0. The number of nitrogens with one attached hydrogen (secondary N) is 2. The molecule has 0 spiro atoms. The van der Waals surface area contributed by atoms with Crippen LogP contribution in [0.3, 0.4) is 0 Å². The Morgan fingerprint density at radius 2 is 2.09 bits per heavy atom. The van der Waals surface area contributed by atoms with E-state index < -0.39 is 0 Å². The van der Waals surface area contributed by atoms with E-state index in [4.69, 9.17) is 9.73 Å². The number of hydrogen-bond acceptors (Lipinski definition) is 3. The third kappa shape index (κ3) is 7.00. The number of hydrogen-bond donors (Lipinski definition) is 2. The molecule has 0 bridgehead atoms. The third-order valence-corrected chi connectivity index (χ3v) is 4.49. The monoisotopic (exact) mass is 426 g/mol. The lowest BCUT2D eigenvalue weighted by molar-refractivity contribution is 0.0845. The average molecular weight is 426 g/mol. The van der Waals surface area contributed by atoms with E-state index in [2.05, 4.69) is 43.5 Å². The number of methoxy groups -OCH3 is 1. The van der Waals surface area contributed by atoms with Crippen molar-refractivity contribution in [3.05, 3.63) is 0 Å². The van der Waals surface area contributed by atoms with Crippen LogP contribution in [0.1, 0.15) is 39.5 Å². The van der Waals surface area contributed by atoms with Crippen LogP contribution in [0.2, 0.25) is 0 Å². The average Bonchev–Trinajstić information content (AvgIpc) is 2.45. The first kappa shape index (κ1) is 21.9. The van der Waals surface area contributed by atoms with Gasteiger partial charge in [0, 0.05) is 25.7 Å². The predicted octanol–water partition coefficient (Wildman–Crippen LogP) is 2.32. The van der Waals surface area contributed by atoms with E-state index in [1.807, 2.05) is 0 Å². The van der Waals surface area contributed by atoms with Gasteiger partial charge in [-0.05, 0) is 39.8 Å². The van der Waals surface area contributed by atoms with Gasteiger partial charge in [0.2, 0.25) is 0 Å². The van der Waals surface area contributed by atoms with Gasteiger partial charge in [-0.15, -0.1) is 24.0 Å². The molecule has 0 heterocycles. The second-order valence-electron chi connectivity index (χ2n) is 6.44. The summed E-state index contributed by atoms with van der Waals surface area (Å²) in [4.78, 5) is 7.21. The van der Waals surface area contributed by atoms with Crippen molar-refractivity contribution in [2.45, 2.75) is 45.1 Å². The Morgan fingerprint density at radius 3 is 2.64 bits per heavy atom. The van der Waals surface area contributed by atoms with Crippen LogP contribution in [0.25, 0.3) is 0 Å². The van der Waals surface area contributed by atoms with Crippen LogP contribution in [0, 0.1) is 5.92 Å².